The van der Waals surface area contributed by atoms with Crippen molar-refractivity contribution >= 4 is 8.25 Å². The highest BCUT2D eigenvalue weighted by atomic mass is 31.1. The molecule has 0 aromatic heterocycles. The predicted octanol–water partition coefficient (Wildman–Crippen LogP) is -0.499. The topological polar surface area (TPSA) is 81.8 Å². The van der Waals surface area contributed by atoms with Crippen molar-refractivity contribution in [3.8, 4) is 0 Å². The summed E-state index contributed by atoms with van der Waals surface area (Å²) in [4.78, 5) is 0. The van der Waals surface area contributed by atoms with E-state index in [0.717, 1.165) is 0 Å². The fourth-order valence-corrected chi connectivity index (χ4v) is 0.233. The van der Waals surface area contributed by atoms with Crippen molar-refractivity contribution in [2.24, 2.45) is 5.90 Å². The van der Waals surface area contributed by atoms with Crippen LogP contribution in [0.2, 0.25) is 0 Å². The van der Waals surface area contributed by atoms with Crippen LogP contribution in [0.25, 0.3) is 0 Å². The highest BCUT2D eigenvalue weighted by Gasteiger charge is 2.15. The van der Waals surface area contributed by atoms with Gasteiger partial charge in [-0.15, -0.1) is 0 Å². The molecule has 3 N–H and O–H groups in total. The standard InChI is InChI=1S/CH5NO4P/c2-6-7(4)5-1-3/h3H,1-2H2/q+1. The van der Waals surface area contributed by atoms with Crippen molar-refractivity contribution in [2.75, 3.05) is 6.79 Å². The molecule has 6 heteroatoms. The van der Waals surface area contributed by atoms with Gasteiger partial charge in [0.15, 0.2) is 0 Å². The zero-order valence-electron chi connectivity index (χ0n) is 3.40. The molecule has 0 radical (unpaired) electrons. The molecule has 0 fully saturated rings. The SMILES string of the molecule is NO[P+](=O)OCO. The highest BCUT2D eigenvalue weighted by Crippen LogP contribution is 2.18. The van der Waals surface area contributed by atoms with Gasteiger partial charge < -0.3 is 5.11 Å². The Hall–Kier alpha value is -0.0600. The first-order valence-electron chi connectivity index (χ1n) is 1.39. The van der Waals surface area contributed by atoms with Crippen LogP contribution in [0.4, 0.5) is 0 Å². The van der Waals surface area contributed by atoms with Crippen molar-refractivity contribution in [1.29, 1.82) is 0 Å². The summed E-state index contributed by atoms with van der Waals surface area (Å²) in [7, 11) is -2.30. The number of nitrogens with two attached hydrogens (primary N) is 1. The van der Waals surface area contributed by atoms with Gasteiger partial charge in [0, 0.05) is 4.57 Å². The maximum absolute atomic E-state index is 9.83. The third kappa shape index (κ3) is 3.78. The average Bonchev–Trinajstić information content (AvgIpc) is 1.68. The maximum Gasteiger partial charge on any atom is 0.718 e. The van der Waals surface area contributed by atoms with E-state index in [0.29, 0.717) is 0 Å². The Morgan fingerprint density at radius 1 is 1.86 bits per heavy atom. The van der Waals surface area contributed by atoms with Crippen molar-refractivity contribution in [3.63, 3.8) is 0 Å². The average molecular weight is 126 g/mol. The summed E-state index contributed by atoms with van der Waals surface area (Å²) in [6.45, 7) is -0.646. The van der Waals surface area contributed by atoms with Crippen LogP contribution < -0.4 is 5.90 Å². The molecule has 42 valence electrons. The Kier molecular flexibility index (Phi) is 4.07. The quantitative estimate of drug-likeness (QED) is 0.302. The molecule has 5 nitrogen and oxygen atoms in total. The molecular weight excluding hydrogens is 121 g/mol. The lowest BCUT2D eigenvalue weighted by Gasteiger charge is -1.73. The van der Waals surface area contributed by atoms with Crippen LogP contribution in [0, 0.1) is 0 Å². The monoisotopic (exact) mass is 126 g/mol. The molecule has 0 saturated heterocycles. The van der Waals surface area contributed by atoms with Crippen LogP contribution in [0.1, 0.15) is 0 Å². The number of hydrogen-bond donors (Lipinski definition) is 2. The highest BCUT2D eigenvalue weighted by molar-refractivity contribution is 7.33. The number of aliphatic hydroxyl groups excluding tert-OH is 1. The molecule has 0 aromatic carbocycles. The van der Waals surface area contributed by atoms with Gasteiger partial charge in [0.1, 0.15) is 0 Å². The van der Waals surface area contributed by atoms with E-state index < -0.39 is 15.0 Å². The largest absolute Gasteiger partial charge is 0.718 e. The van der Waals surface area contributed by atoms with E-state index in [1.165, 1.54) is 0 Å². The smallest absolute Gasteiger partial charge is 0.367 e. The van der Waals surface area contributed by atoms with Gasteiger partial charge in [-0.2, -0.15) is 5.90 Å². The Bertz CT molecular complexity index is 64.7. The van der Waals surface area contributed by atoms with Crippen LogP contribution in [-0.2, 0) is 13.7 Å². The molecule has 7 heavy (non-hydrogen) atoms. The third-order valence-electron chi connectivity index (χ3n) is 0.249. The summed E-state index contributed by atoms with van der Waals surface area (Å²) in [5.74, 6) is 4.34. The summed E-state index contributed by atoms with van der Waals surface area (Å²) < 4.78 is 17.4. The molecular formula is CH5NO4P+. The normalized spacial score (nSPS) is 11.4. The second kappa shape index (κ2) is 4.11. The van der Waals surface area contributed by atoms with Gasteiger partial charge in [0.05, 0.1) is 0 Å². The Morgan fingerprint density at radius 3 is 2.57 bits per heavy atom. The summed E-state index contributed by atoms with van der Waals surface area (Å²) >= 11 is 0. The van der Waals surface area contributed by atoms with E-state index in [4.69, 9.17) is 5.11 Å². The molecule has 0 aliphatic heterocycles. The molecule has 1 unspecified atom stereocenters. The zero-order valence-corrected chi connectivity index (χ0v) is 4.30. The van der Waals surface area contributed by atoms with Gasteiger partial charge in [0.2, 0.25) is 6.79 Å². The molecule has 0 aliphatic carbocycles. The van der Waals surface area contributed by atoms with Gasteiger partial charge in [-0.3, -0.25) is 0 Å². The Balaban J connectivity index is 3.00. The third-order valence-corrected chi connectivity index (χ3v) is 0.748. The Labute approximate surface area is 40.9 Å². The van der Waals surface area contributed by atoms with Gasteiger partial charge in [-0.1, -0.05) is 4.52 Å². The fraction of sp³-hybridized carbons (Fsp3) is 1.00. The molecule has 1 atom stereocenters. The van der Waals surface area contributed by atoms with Gasteiger partial charge in [-0.05, 0) is 4.62 Å². The molecule has 0 rings (SSSR count). The van der Waals surface area contributed by atoms with Crippen LogP contribution in [0.15, 0.2) is 0 Å². The summed E-state index contributed by atoms with van der Waals surface area (Å²) in [6, 6.07) is 0. The lowest BCUT2D eigenvalue weighted by Crippen LogP contribution is -1.91. The minimum Gasteiger partial charge on any atom is -0.367 e. The number of aliphatic hydroxyl groups is 1. The van der Waals surface area contributed by atoms with Crippen LogP contribution in [0.5, 0.6) is 0 Å². The molecule has 0 bridgehead atoms. The summed E-state index contributed by atoms with van der Waals surface area (Å²) in [5.41, 5.74) is 0. The molecule has 0 aliphatic rings. The second-order valence-corrected chi connectivity index (χ2v) is 1.50. The molecule has 0 amide bonds. The van der Waals surface area contributed by atoms with E-state index in [9.17, 15) is 4.57 Å². The first-order valence-corrected chi connectivity index (χ1v) is 2.48. The Morgan fingerprint density at radius 2 is 2.43 bits per heavy atom. The lowest BCUT2D eigenvalue weighted by molar-refractivity contribution is 0.0857. The summed E-state index contributed by atoms with van der Waals surface area (Å²) in [5, 5.41) is 7.83. The zero-order chi connectivity index (χ0) is 5.70. The first kappa shape index (κ1) is 6.94. The van der Waals surface area contributed by atoms with E-state index in [1.807, 2.05) is 0 Å². The van der Waals surface area contributed by atoms with E-state index in [1.54, 1.807) is 0 Å². The second-order valence-electron chi connectivity index (χ2n) is 0.587. The minimum absolute atomic E-state index is 0.646. The van der Waals surface area contributed by atoms with Crippen molar-refractivity contribution in [2.45, 2.75) is 0 Å². The number of hydrogen-bond acceptors (Lipinski definition) is 5. The lowest BCUT2D eigenvalue weighted by atomic mass is 11.6. The van der Waals surface area contributed by atoms with Crippen LogP contribution in [-0.4, -0.2) is 11.9 Å². The van der Waals surface area contributed by atoms with E-state index in [-0.39, 0.29) is 0 Å². The summed E-state index contributed by atoms with van der Waals surface area (Å²) in [6.07, 6.45) is 0. The predicted molar refractivity (Wildman–Crippen MR) is 21.0 cm³/mol. The first-order chi connectivity index (χ1) is 3.31. The molecule has 0 spiro atoms. The molecule has 0 aromatic rings. The number of rotatable bonds is 3. The van der Waals surface area contributed by atoms with Crippen molar-refractivity contribution in [1.82, 2.24) is 0 Å². The van der Waals surface area contributed by atoms with E-state index >= 15 is 0 Å². The molecule has 0 heterocycles. The van der Waals surface area contributed by atoms with Gasteiger partial charge >= 0.3 is 8.25 Å². The fourth-order valence-electron chi connectivity index (χ4n) is 0.0776. The maximum atomic E-state index is 9.83. The van der Waals surface area contributed by atoms with Gasteiger partial charge in [-0.25, -0.2) is 0 Å². The minimum atomic E-state index is -2.30. The van der Waals surface area contributed by atoms with E-state index in [2.05, 4.69) is 15.0 Å². The van der Waals surface area contributed by atoms with Crippen molar-refractivity contribution < 1.29 is 18.8 Å². The molecule has 0 saturated carbocycles. The van der Waals surface area contributed by atoms with Crippen LogP contribution >= 0.6 is 8.25 Å². The van der Waals surface area contributed by atoms with Crippen LogP contribution in [0.3, 0.4) is 0 Å². The van der Waals surface area contributed by atoms with Crippen molar-refractivity contribution in [3.05, 3.63) is 0 Å². The van der Waals surface area contributed by atoms with Gasteiger partial charge in [0.25, 0.3) is 0 Å².